The van der Waals surface area contributed by atoms with E-state index in [1.165, 1.54) is 11.8 Å². The number of rotatable bonds is 8. The molecule has 0 aliphatic carbocycles. The summed E-state index contributed by atoms with van der Waals surface area (Å²) in [6, 6.07) is 19.9. The summed E-state index contributed by atoms with van der Waals surface area (Å²) in [6.45, 7) is 6.00. The average Bonchev–Trinajstić information content (AvgIpc) is 2.80. The van der Waals surface area contributed by atoms with Gasteiger partial charge in [0.2, 0.25) is 0 Å². The van der Waals surface area contributed by atoms with Gasteiger partial charge in [0.1, 0.15) is 11.5 Å². The Morgan fingerprint density at radius 3 is 2.39 bits per heavy atom. The molecule has 0 spiro atoms. The van der Waals surface area contributed by atoms with Gasteiger partial charge in [-0.3, -0.25) is 4.79 Å². The van der Waals surface area contributed by atoms with Crippen LogP contribution in [0.4, 0.5) is 0 Å². The number of carbonyl (C=O) groups excluding carboxylic acids is 2. The van der Waals surface area contributed by atoms with E-state index in [4.69, 9.17) is 9.47 Å². The van der Waals surface area contributed by atoms with Gasteiger partial charge in [0.15, 0.2) is 6.61 Å². The summed E-state index contributed by atoms with van der Waals surface area (Å²) in [4.78, 5) is 24.5. The van der Waals surface area contributed by atoms with Crippen molar-refractivity contribution < 1.29 is 19.1 Å². The minimum Gasteiger partial charge on any atom is -0.484 e. The van der Waals surface area contributed by atoms with Gasteiger partial charge >= 0.3 is 5.97 Å². The molecule has 0 bridgehead atoms. The Morgan fingerprint density at radius 2 is 1.73 bits per heavy atom. The third-order valence-corrected chi connectivity index (χ3v) is 5.26. The van der Waals surface area contributed by atoms with Gasteiger partial charge in [-0.15, -0.1) is 0 Å². The van der Waals surface area contributed by atoms with Crippen LogP contribution < -0.4 is 14.9 Å². The topological polar surface area (TPSA) is 77.0 Å². The average molecular weight is 509 g/mol. The van der Waals surface area contributed by atoms with Crippen LogP contribution in [-0.2, 0) is 4.79 Å². The minimum atomic E-state index is -0.479. The standard InChI is InChI=1S/C26H25BrN2O4/c1-17(2)19-8-11-23(12-9-19)32-16-25(30)29-28-15-21-14-22(27)10-13-24(21)33-26(31)20-6-4-18(3)5-7-20/h4-15,17H,16H2,1-3H3,(H,29,30). The van der Waals surface area contributed by atoms with E-state index in [-0.39, 0.29) is 6.61 Å². The van der Waals surface area contributed by atoms with Crippen LogP contribution in [0.15, 0.2) is 76.3 Å². The van der Waals surface area contributed by atoms with E-state index in [0.717, 1.165) is 10.0 Å². The molecule has 3 rings (SSSR count). The van der Waals surface area contributed by atoms with Crippen LogP contribution in [0.3, 0.4) is 0 Å². The van der Waals surface area contributed by atoms with E-state index in [2.05, 4.69) is 40.3 Å². The van der Waals surface area contributed by atoms with Crippen LogP contribution in [0, 0.1) is 6.92 Å². The van der Waals surface area contributed by atoms with Gasteiger partial charge in [0, 0.05) is 10.0 Å². The Hall–Kier alpha value is -3.45. The zero-order valence-corrected chi connectivity index (χ0v) is 20.3. The summed E-state index contributed by atoms with van der Waals surface area (Å²) in [7, 11) is 0. The molecule has 0 aromatic heterocycles. The Morgan fingerprint density at radius 1 is 1.03 bits per heavy atom. The molecule has 0 aliphatic heterocycles. The molecule has 0 radical (unpaired) electrons. The molecule has 7 heteroatoms. The van der Waals surface area contributed by atoms with Crippen molar-refractivity contribution in [1.82, 2.24) is 5.43 Å². The number of carbonyl (C=O) groups is 2. The van der Waals surface area contributed by atoms with Gasteiger partial charge in [-0.1, -0.05) is 59.6 Å². The van der Waals surface area contributed by atoms with Crippen molar-refractivity contribution in [3.05, 3.63) is 93.5 Å². The summed E-state index contributed by atoms with van der Waals surface area (Å²) < 4.78 is 11.8. The monoisotopic (exact) mass is 508 g/mol. The fraction of sp³-hybridized carbons (Fsp3) is 0.192. The van der Waals surface area contributed by atoms with Crippen LogP contribution in [0.1, 0.15) is 46.8 Å². The van der Waals surface area contributed by atoms with Crippen LogP contribution in [0.5, 0.6) is 11.5 Å². The number of benzene rings is 3. The molecular weight excluding hydrogens is 484 g/mol. The first kappa shape index (κ1) is 24.2. The lowest BCUT2D eigenvalue weighted by Gasteiger charge is -2.09. The number of halogens is 1. The lowest BCUT2D eigenvalue weighted by Crippen LogP contribution is -2.24. The fourth-order valence-corrected chi connectivity index (χ4v) is 3.24. The minimum absolute atomic E-state index is 0.174. The van der Waals surface area contributed by atoms with Gasteiger partial charge in [0.25, 0.3) is 5.91 Å². The molecule has 3 aromatic carbocycles. The maximum Gasteiger partial charge on any atom is 0.343 e. The van der Waals surface area contributed by atoms with E-state index in [9.17, 15) is 9.59 Å². The number of ether oxygens (including phenoxy) is 2. The lowest BCUT2D eigenvalue weighted by atomic mass is 10.0. The third-order valence-electron chi connectivity index (χ3n) is 4.77. The third kappa shape index (κ3) is 7.29. The Balaban J connectivity index is 1.58. The molecule has 0 heterocycles. The smallest absolute Gasteiger partial charge is 0.343 e. The Bertz CT molecular complexity index is 1140. The van der Waals surface area contributed by atoms with Gasteiger partial charge in [0.05, 0.1) is 11.8 Å². The largest absolute Gasteiger partial charge is 0.484 e. The molecule has 6 nitrogen and oxygen atoms in total. The first-order valence-electron chi connectivity index (χ1n) is 10.4. The fourth-order valence-electron chi connectivity index (χ4n) is 2.87. The molecule has 3 aromatic rings. The van der Waals surface area contributed by atoms with Crippen molar-refractivity contribution in [2.45, 2.75) is 26.7 Å². The summed E-state index contributed by atoms with van der Waals surface area (Å²) in [6.07, 6.45) is 1.41. The maximum absolute atomic E-state index is 12.5. The molecule has 170 valence electrons. The summed E-state index contributed by atoms with van der Waals surface area (Å²) >= 11 is 3.39. The number of amides is 1. The number of hydrogen-bond acceptors (Lipinski definition) is 5. The first-order valence-corrected chi connectivity index (χ1v) is 11.2. The SMILES string of the molecule is Cc1ccc(C(=O)Oc2ccc(Br)cc2C=NNC(=O)COc2ccc(C(C)C)cc2)cc1. The number of nitrogens with one attached hydrogen (secondary N) is 1. The van der Waals surface area contributed by atoms with Crippen molar-refractivity contribution >= 4 is 34.0 Å². The number of nitrogens with zero attached hydrogens (tertiary/aromatic N) is 1. The van der Waals surface area contributed by atoms with E-state index in [0.29, 0.717) is 28.5 Å². The highest BCUT2D eigenvalue weighted by atomic mass is 79.9. The number of hydrazone groups is 1. The van der Waals surface area contributed by atoms with E-state index < -0.39 is 11.9 Å². The normalized spacial score (nSPS) is 10.9. The summed E-state index contributed by atoms with van der Waals surface area (Å²) in [5.74, 6) is 0.468. The molecule has 0 atom stereocenters. The quantitative estimate of drug-likeness (QED) is 0.185. The van der Waals surface area contributed by atoms with E-state index >= 15 is 0 Å². The number of hydrogen-bond donors (Lipinski definition) is 1. The van der Waals surface area contributed by atoms with Crippen molar-refractivity contribution in [2.24, 2.45) is 5.10 Å². The van der Waals surface area contributed by atoms with Crippen LogP contribution >= 0.6 is 15.9 Å². The second-order valence-corrected chi connectivity index (χ2v) is 8.66. The summed E-state index contributed by atoms with van der Waals surface area (Å²) in [5, 5.41) is 3.97. The van der Waals surface area contributed by atoms with Gasteiger partial charge in [-0.2, -0.15) is 5.10 Å². The van der Waals surface area contributed by atoms with Crippen molar-refractivity contribution in [3.63, 3.8) is 0 Å². The molecule has 1 amide bonds. The van der Waals surface area contributed by atoms with Gasteiger partial charge in [-0.25, -0.2) is 10.2 Å². The zero-order chi connectivity index (χ0) is 23.8. The van der Waals surface area contributed by atoms with E-state index in [1.54, 1.807) is 30.3 Å². The zero-order valence-electron chi connectivity index (χ0n) is 18.7. The predicted octanol–water partition coefficient (Wildman–Crippen LogP) is 5.63. The van der Waals surface area contributed by atoms with Crippen molar-refractivity contribution in [3.8, 4) is 11.5 Å². The molecule has 0 saturated heterocycles. The van der Waals surface area contributed by atoms with Gasteiger partial charge in [-0.05, 0) is 60.9 Å². The lowest BCUT2D eigenvalue weighted by molar-refractivity contribution is -0.123. The highest BCUT2D eigenvalue weighted by Gasteiger charge is 2.12. The molecule has 1 N–H and O–H groups in total. The van der Waals surface area contributed by atoms with Crippen molar-refractivity contribution in [2.75, 3.05) is 6.61 Å². The number of aryl methyl sites for hydroxylation is 1. The van der Waals surface area contributed by atoms with Crippen LogP contribution in [0.25, 0.3) is 0 Å². The molecule has 0 aliphatic rings. The maximum atomic E-state index is 12.5. The highest BCUT2D eigenvalue weighted by molar-refractivity contribution is 9.10. The summed E-state index contributed by atoms with van der Waals surface area (Å²) in [5.41, 5.74) is 5.63. The van der Waals surface area contributed by atoms with E-state index in [1.807, 2.05) is 43.3 Å². The predicted molar refractivity (Wildman–Crippen MR) is 132 cm³/mol. The second-order valence-electron chi connectivity index (χ2n) is 7.74. The van der Waals surface area contributed by atoms with Crippen LogP contribution in [-0.4, -0.2) is 24.7 Å². The van der Waals surface area contributed by atoms with Gasteiger partial charge < -0.3 is 9.47 Å². The Kier molecular flexibility index (Phi) is 8.38. The molecular formula is C26H25BrN2O4. The second kappa shape index (κ2) is 11.4. The van der Waals surface area contributed by atoms with Crippen molar-refractivity contribution in [1.29, 1.82) is 0 Å². The number of esters is 1. The molecule has 0 saturated carbocycles. The Labute approximate surface area is 201 Å². The van der Waals surface area contributed by atoms with Crippen LogP contribution in [0.2, 0.25) is 0 Å². The molecule has 0 unspecified atom stereocenters. The first-order chi connectivity index (χ1) is 15.8. The highest BCUT2D eigenvalue weighted by Crippen LogP contribution is 2.23. The molecule has 0 fully saturated rings. The molecule has 33 heavy (non-hydrogen) atoms.